The van der Waals surface area contributed by atoms with E-state index < -0.39 is 0 Å². The molecule has 0 aliphatic rings. The Balaban J connectivity index is 3.08. The molecule has 0 aliphatic heterocycles. The van der Waals surface area contributed by atoms with E-state index in [4.69, 9.17) is 5.11 Å². The lowest BCUT2D eigenvalue weighted by atomic mass is 10.3. The Kier molecular flexibility index (Phi) is 3.71. The van der Waals surface area contributed by atoms with Gasteiger partial charge < -0.3 is 5.11 Å². The first kappa shape index (κ1) is 6.70. The molecule has 0 bridgehead atoms. The summed E-state index contributed by atoms with van der Waals surface area (Å²) in [7, 11) is 0. The zero-order valence-electron chi connectivity index (χ0n) is 4.89. The van der Waals surface area contributed by atoms with E-state index in [1.54, 1.807) is 13.0 Å². The van der Waals surface area contributed by atoms with Crippen molar-refractivity contribution in [1.82, 2.24) is 0 Å². The van der Waals surface area contributed by atoms with E-state index in [1.807, 2.05) is 13.0 Å². The molecular formula is C6H12O. The third kappa shape index (κ3) is 5.70. The number of hydrogen-bond acceptors (Lipinski definition) is 1. The van der Waals surface area contributed by atoms with Gasteiger partial charge in [-0.1, -0.05) is 19.1 Å². The van der Waals surface area contributed by atoms with E-state index >= 15 is 0 Å². The third-order valence-electron chi connectivity index (χ3n) is 0.650. The van der Waals surface area contributed by atoms with Gasteiger partial charge in [0.1, 0.15) is 0 Å². The SMILES string of the molecule is CC/C=C/[C@H](C)O. The predicted molar refractivity (Wildman–Crippen MR) is 31.1 cm³/mol. The van der Waals surface area contributed by atoms with E-state index in [9.17, 15) is 0 Å². The van der Waals surface area contributed by atoms with E-state index in [0.717, 1.165) is 6.42 Å². The molecule has 0 radical (unpaired) electrons. The highest BCUT2D eigenvalue weighted by atomic mass is 16.3. The molecular weight excluding hydrogens is 88.1 g/mol. The zero-order chi connectivity index (χ0) is 5.70. The Hall–Kier alpha value is -0.300. The van der Waals surface area contributed by atoms with Crippen LogP contribution in [0.1, 0.15) is 20.3 Å². The monoisotopic (exact) mass is 100 g/mol. The molecule has 1 atom stereocenters. The van der Waals surface area contributed by atoms with Crippen LogP contribution >= 0.6 is 0 Å². The van der Waals surface area contributed by atoms with Crippen LogP contribution in [-0.2, 0) is 0 Å². The fourth-order valence-corrected chi connectivity index (χ4v) is 0.333. The highest BCUT2D eigenvalue weighted by Gasteiger charge is 1.79. The molecule has 0 rings (SSSR count). The van der Waals surface area contributed by atoms with E-state index in [1.165, 1.54) is 0 Å². The highest BCUT2D eigenvalue weighted by Crippen LogP contribution is 1.84. The number of aliphatic hydroxyl groups is 1. The van der Waals surface area contributed by atoms with Gasteiger partial charge in [-0.05, 0) is 13.3 Å². The highest BCUT2D eigenvalue weighted by molar-refractivity contribution is 4.84. The first-order valence-corrected chi connectivity index (χ1v) is 2.62. The molecule has 1 nitrogen and oxygen atoms in total. The lowest BCUT2D eigenvalue weighted by molar-refractivity contribution is 0.244. The summed E-state index contributed by atoms with van der Waals surface area (Å²) < 4.78 is 0. The summed E-state index contributed by atoms with van der Waals surface area (Å²) >= 11 is 0. The normalized spacial score (nSPS) is 15.3. The van der Waals surface area contributed by atoms with E-state index in [0.29, 0.717) is 0 Å². The van der Waals surface area contributed by atoms with E-state index in [-0.39, 0.29) is 6.10 Å². The van der Waals surface area contributed by atoms with Crippen LogP contribution in [-0.4, -0.2) is 11.2 Å². The van der Waals surface area contributed by atoms with Crippen molar-refractivity contribution in [2.24, 2.45) is 0 Å². The second-order valence-corrected chi connectivity index (χ2v) is 1.58. The van der Waals surface area contributed by atoms with Crippen LogP contribution in [0.15, 0.2) is 12.2 Å². The first-order valence-electron chi connectivity index (χ1n) is 2.62. The largest absolute Gasteiger partial charge is 0.389 e. The van der Waals surface area contributed by atoms with Crippen LogP contribution in [0.4, 0.5) is 0 Å². The summed E-state index contributed by atoms with van der Waals surface area (Å²) in [6.07, 6.45) is 4.45. The molecule has 0 unspecified atom stereocenters. The van der Waals surface area contributed by atoms with Crippen LogP contribution in [0.5, 0.6) is 0 Å². The smallest absolute Gasteiger partial charge is 0.0692 e. The summed E-state index contributed by atoms with van der Waals surface area (Å²) in [5.74, 6) is 0. The lowest BCUT2D eigenvalue weighted by Crippen LogP contribution is -1.90. The molecule has 0 aromatic rings. The van der Waals surface area contributed by atoms with Crippen molar-refractivity contribution in [3.8, 4) is 0 Å². The molecule has 0 heterocycles. The predicted octanol–water partition coefficient (Wildman–Crippen LogP) is 1.33. The van der Waals surface area contributed by atoms with Crippen LogP contribution in [0.3, 0.4) is 0 Å². The van der Waals surface area contributed by atoms with Crippen molar-refractivity contribution in [2.45, 2.75) is 26.4 Å². The molecule has 1 heteroatoms. The maximum absolute atomic E-state index is 8.60. The number of rotatable bonds is 2. The van der Waals surface area contributed by atoms with Gasteiger partial charge in [-0.25, -0.2) is 0 Å². The van der Waals surface area contributed by atoms with Gasteiger partial charge in [-0.2, -0.15) is 0 Å². The van der Waals surface area contributed by atoms with E-state index in [2.05, 4.69) is 0 Å². The van der Waals surface area contributed by atoms with Crippen molar-refractivity contribution in [1.29, 1.82) is 0 Å². The van der Waals surface area contributed by atoms with Gasteiger partial charge in [0.25, 0.3) is 0 Å². The molecule has 0 saturated carbocycles. The average molecular weight is 100 g/mol. The van der Waals surface area contributed by atoms with Crippen molar-refractivity contribution < 1.29 is 5.11 Å². The van der Waals surface area contributed by atoms with Crippen LogP contribution in [0.25, 0.3) is 0 Å². The fraction of sp³-hybridized carbons (Fsp3) is 0.667. The van der Waals surface area contributed by atoms with Gasteiger partial charge >= 0.3 is 0 Å². The van der Waals surface area contributed by atoms with Crippen LogP contribution < -0.4 is 0 Å². The Bertz CT molecular complexity index is 55.2. The zero-order valence-corrected chi connectivity index (χ0v) is 4.89. The van der Waals surface area contributed by atoms with Crippen LogP contribution in [0.2, 0.25) is 0 Å². The fourth-order valence-electron chi connectivity index (χ4n) is 0.333. The Morgan fingerprint density at radius 3 is 2.43 bits per heavy atom. The minimum Gasteiger partial charge on any atom is -0.389 e. The summed E-state index contributed by atoms with van der Waals surface area (Å²) in [4.78, 5) is 0. The average Bonchev–Trinajstić information content (AvgIpc) is 1.61. The van der Waals surface area contributed by atoms with Gasteiger partial charge in [0.2, 0.25) is 0 Å². The topological polar surface area (TPSA) is 20.2 Å². The molecule has 42 valence electrons. The minimum atomic E-state index is -0.278. The van der Waals surface area contributed by atoms with Gasteiger partial charge in [0, 0.05) is 0 Å². The standard InChI is InChI=1S/C6H12O/c1-3-4-5-6(2)7/h4-7H,3H2,1-2H3/b5-4+/t6-/m0/s1. The molecule has 0 aromatic carbocycles. The molecule has 0 saturated heterocycles. The van der Waals surface area contributed by atoms with Gasteiger partial charge in [-0.15, -0.1) is 0 Å². The Morgan fingerprint density at radius 2 is 2.29 bits per heavy atom. The third-order valence-corrected chi connectivity index (χ3v) is 0.650. The minimum absolute atomic E-state index is 0.278. The Morgan fingerprint density at radius 1 is 1.71 bits per heavy atom. The molecule has 0 aromatic heterocycles. The van der Waals surface area contributed by atoms with Crippen LogP contribution in [0, 0.1) is 0 Å². The Labute approximate surface area is 44.7 Å². The van der Waals surface area contributed by atoms with Gasteiger partial charge in [-0.3, -0.25) is 0 Å². The lowest BCUT2D eigenvalue weighted by Gasteiger charge is -1.88. The summed E-state index contributed by atoms with van der Waals surface area (Å²) in [6, 6.07) is 0. The van der Waals surface area contributed by atoms with Crippen molar-refractivity contribution in [3.63, 3.8) is 0 Å². The quantitative estimate of drug-likeness (QED) is 0.519. The second kappa shape index (κ2) is 3.88. The second-order valence-electron chi connectivity index (χ2n) is 1.58. The number of aliphatic hydroxyl groups excluding tert-OH is 1. The molecule has 0 fully saturated rings. The maximum atomic E-state index is 8.60. The van der Waals surface area contributed by atoms with Gasteiger partial charge in [0.05, 0.1) is 6.10 Å². The molecule has 7 heavy (non-hydrogen) atoms. The number of hydrogen-bond donors (Lipinski definition) is 1. The molecule has 1 N–H and O–H groups in total. The summed E-state index contributed by atoms with van der Waals surface area (Å²) in [5.41, 5.74) is 0. The molecule has 0 aliphatic carbocycles. The van der Waals surface area contributed by atoms with Crippen molar-refractivity contribution in [3.05, 3.63) is 12.2 Å². The maximum Gasteiger partial charge on any atom is 0.0692 e. The number of allylic oxidation sites excluding steroid dienone is 1. The van der Waals surface area contributed by atoms with Gasteiger partial charge in [0.15, 0.2) is 0 Å². The summed E-state index contributed by atoms with van der Waals surface area (Å²) in [6.45, 7) is 3.78. The van der Waals surface area contributed by atoms with Crippen molar-refractivity contribution >= 4 is 0 Å². The first-order chi connectivity index (χ1) is 3.27. The van der Waals surface area contributed by atoms with Crippen molar-refractivity contribution in [2.75, 3.05) is 0 Å². The molecule has 0 spiro atoms. The molecule has 0 amide bonds. The summed E-state index contributed by atoms with van der Waals surface area (Å²) in [5, 5.41) is 8.60.